The fourth-order valence-corrected chi connectivity index (χ4v) is 3.72. The second-order valence-corrected chi connectivity index (χ2v) is 7.32. The first-order chi connectivity index (χ1) is 12.1. The second kappa shape index (κ2) is 12.8. The summed E-state index contributed by atoms with van der Waals surface area (Å²) in [5.41, 5.74) is 0. The van der Waals surface area contributed by atoms with Crippen LogP contribution in [0.15, 0.2) is 4.99 Å². The number of esters is 1. The number of ether oxygens (including phenoxy) is 1. The molecule has 0 aromatic rings. The lowest BCUT2D eigenvalue weighted by atomic mass is 9.97. The van der Waals surface area contributed by atoms with E-state index < -0.39 is 0 Å². The molecule has 0 aromatic carbocycles. The van der Waals surface area contributed by atoms with E-state index >= 15 is 0 Å². The highest BCUT2D eigenvalue weighted by Gasteiger charge is 2.27. The number of likely N-dealkylation sites (tertiary alicyclic amines) is 2. The van der Waals surface area contributed by atoms with Crippen molar-refractivity contribution in [3.05, 3.63) is 0 Å². The van der Waals surface area contributed by atoms with Crippen LogP contribution in [0.2, 0.25) is 0 Å². The number of hydrogen-bond donors (Lipinski definition) is 1. The number of nitrogens with one attached hydrogen (secondary N) is 1. The van der Waals surface area contributed by atoms with Crippen molar-refractivity contribution in [3.63, 3.8) is 0 Å². The zero-order chi connectivity index (χ0) is 18.1. The molecule has 2 aliphatic heterocycles. The largest absolute Gasteiger partial charge is 0.466 e. The lowest BCUT2D eigenvalue weighted by Gasteiger charge is -2.33. The Hall–Kier alpha value is -0.570. The summed E-state index contributed by atoms with van der Waals surface area (Å²) < 4.78 is 5.16. The summed E-state index contributed by atoms with van der Waals surface area (Å²) in [6.07, 6.45) is 4.39. The van der Waals surface area contributed by atoms with E-state index in [0.29, 0.717) is 12.5 Å². The molecule has 0 radical (unpaired) electrons. The predicted molar refractivity (Wildman–Crippen MR) is 117 cm³/mol. The highest BCUT2D eigenvalue weighted by molar-refractivity contribution is 14.0. The van der Waals surface area contributed by atoms with Gasteiger partial charge < -0.3 is 19.9 Å². The molecule has 26 heavy (non-hydrogen) atoms. The van der Waals surface area contributed by atoms with Crippen molar-refractivity contribution in [2.24, 2.45) is 16.8 Å². The van der Waals surface area contributed by atoms with Gasteiger partial charge in [0, 0.05) is 32.7 Å². The number of carbonyl (C=O) groups is 1. The van der Waals surface area contributed by atoms with Crippen LogP contribution in [0.3, 0.4) is 0 Å². The average Bonchev–Trinajstić information content (AvgIpc) is 3.12. The fourth-order valence-electron chi connectivity index (χ4n) is 3.72. The SMILES string of the molecule is CCNC(=NCC(C)CN1CCCC1)N1CCC(C(=O)OCC)CC1.I. The van der Waals surface area contributed by atoms with Gasteiger partial charge in [-0.15, -0.1) is 24.0 Å². The van der Waals surface area contributed by atoms with Gasteiger partial charge in [-0.1, -0.05) is 6.92 Å². The molecule has 2 heterocycles. The molecule has 1 N–H and O–H groups in total. The van der Waals surface area contributed by atoms with E-state index in [1.54, 1.807) is 0 Å². The zero-order valence-electron chi connectivity index (χ0n) is 16.7. The average molecular weight is 480 g/mol. The van der Waals surface area contributed by atoms with Gasteiger partial charge >= 0.3 is 5.97 Å². The number of guanidine groups is 1. The van der Waals surface area contributed by atoms with Gasteiger partial charge in [0.25, 0.3) is 0 Å². The Morgan fingerprint density at radius 1 is 1.19 bits per heavy atom. The van der Waals surface area contributed by atoms with Crippen molar-refractivity contribution in [2.75, 3.05) is 52.4 Å². The lowest BCUT2D eigenvalue weighted by molar-refractivity contribution is -0.149. The summed E-state index contributed by atoms with van der Waals surface area (Å²) in [7, 11) is 0. The molecule has 2 saturated heterocycles. The minimum Gasteiger partial charge on any atom is -0.466 e. The van der Waals surface area contributed by atoms with Gasteiger partial charge in [-0.05, 0) is 58.5 Å². The van der Waals surface area contributed by atoms with Crippen LogP contribution in [-0.4, -0.2) is 74.1 Å². The molecule has 2 aliphatic rings. The third kappa shape index (κ3) is 7.58. The van der Waals surface area contributed by atoms with Gasteiger partial charge in [-0.2, -0.15) is 0 Å². The summed E-state index contributed by atoms with van der Waals surface area (Å²) in [6.45, 7) is 13.8. The topological polar surface area (TPSA) is 57.2 Å². The Bertz CT molecular complexity index is 433. The molecule has 0 aromatic heterocycles. The van der Waals surface area contributed by atoms with E-state index in [9.17, 15) is 4.79 Å². The van der Waals surface area contributed by atoms with Crippen LogP contribution < -0.4 is 5.32 Å². The van der Waals surface area contributed by atoms with E-state index in [0.717, 1.165) is 51.5 Å². The molecule has 0 bridgehead atoms. The molecule has 0 saturated carbocycles. The summed E-state index contributed by atoms with van der Waals surface area (Å²) >= 11 is 0. The normalized spacial score (nSPS) is 20.6. The van der Waals surface area contributed by atoms with Crippen LogP contribution in [0.1, 0.15) is 46.5 Å². The molecule has 0 aliphatic carbocycles. The van der Waals surface area contributed by atoms with Gasteiger partial charge in [0.2, 0.25) is 0 Å². The predicted octanol–water partition coefficient (Wildman–Crippen LogP) is 2.58. The van der Waals surface area contributed by atoms with E-state index in [-0.39, 0.29) is 35.9 Å². The van der Waals surface area contributed by atoms with Crippen molar-refractivity contribution in [1.82, 2.24) is 15.1 Å². The van der Waals surface area contributed by atoms with E-state index in [1.165, 1.54) is 25.9 Å². The van der Waals surface area contributed by atoms with Crippen molar-refractivity contribution in [2.45, 2.75) is 46.5 Å². The van der Waals surface area contributed by atoms with Gasteiger partial charge in [0.05, 0.1) is 12.5 Å². The molecule has 2 fully saturated rings. The summed E-state index contributed by atoms with van der Waals surface area (Å²) in [5, 5.41) is 3.42. The van der Waals surface area contributed by atoms with Crippen LogP contribution in [0.5, 0.6) is 0 Å². The van der Waals surface area contributed by atoms with Crippen molar-refractivity contribution in [1.29, 1.82) is 0 Å². The number of aliphatic imine (C=N–C) groups is 1. The number of nitrogens with zero attached hydrogens (tertiary/aromatic N) is 3. The van der Waals surface area contributed by atoms with Crippen molar-refractivity contribution < 1.29 is 9.53 Å². The maximum absolute atomic E-state index is 11.9. The molecule has 152 valence electrons. The molecule has 2 rings (SSSR count). The van der Waals surface area contributed by atoms with Gasteiger partial charge in [0.15, 0.2) is 5.96 Å². The highest BCUT2D eigenvalue weighted by Crippen LogP contribution is 2.19. The smallest absolute Gasteiger partial charge is 0.309 e. The zero-order valence-corrected chi connectivity index (χ0v) is 19.0. The third-order valence-electron chi connectivity index (χ3n) is 5.07. The standard InChI is InChI=1S/C19H36N4O2.HI/c1-4-20-19(21-14-16(3)15-22-10-6-7-11-22)23-12-8-17(9-13-23)18(24)25-5-2;/h16-17H,4-15H2,1-3H3,(H,20,21);1H. The van der Waals surface area contributed by atoms with Crippen LogP contribution >= 0.6 is 24.0 Å². The first-order valence-electron chi connectivity index (χ1n) is 10.1. The van der Waals surface area contributed by atoms with Crippen molar-refractivity contribution >= 4 is 35.9 Å². The summed E-state index contributed by atoms with van der Waals surface area (Å²) in [4.78, 5) is 21.6. The molecule has 0 spiro atoms. The van der Waals surface area contributed by atoms with E-state index in [2.05, 4.69) is 29.0 Å². The lowest BCUT2D eigenvalue weighted by Crippen LogP contribution is -2.47. The van der Waals surface area contributed by atoms with Crippen LogP contribution in [0.4, 0.5) is 0 Å². The minimum atomic E-state index is -0.0386. The molecule has 1 unspecified atom stereocenters. The fraction of sp³-hybridized carbons (Fsp3) is 0.895. The molecule has 1 atom stereocenters. The van der Waals surface area contributed by atoms with E-state index in [1.807, 2.05) is 6.92 Å². The molecular weight excluding hydrogens is 443 g/mol. The second-order valence-electron chi connectivity index (χ2n) is 7.32. The van der Waals surface area contributed by atoms with Crippen LogP contribution in [0, 0.1) is 11.8 Å². The third-order valence-corrected chi connectivity index (χ3v) is 5.07. The van der Waals surface area contributed by atoms with Crippen LogP contribution in [0.25, 0.3) is 0 Å². The summed E-state index contributed by atoms with van der Waals surface area (Å²) in [6, 6.07) is 0. The Labute approximate surface area is 176 Å². The van der Waals surface area contributed by atoms with Gasteiger partial charge in [-0.3, -0.25) is 9.79 Å². The van der Waals surface area contributed by atoms with Gasteiger partial charge in [0.1, 0.15) is 0 Å². The number of hydrogen-bond acceptors (Lipinski definition) is 4. The minimum absolute atomic E-state index is 0. The number of carbonyl (C=O) groups excluding carboxylic acids is 1. The Balaban J connectivity index is 0.00000338. The number of halogens is 1. The Morgan fingerprint density at radius 3 is 2.42 bits per heavy atom. The maximum atomic E-state index is 11.9. The maximum Gasteiger partial charge on any atom is 0.309 e. The Kier molecular flexibility index (Phi) is 11.5. The van der Waals surface area contributed by atoms with Gasteiger partial charge in [-0.25, -0.2) is 0 Å². The molecule has 7 heteroatoms. The molecule has 0 amide bonds. The van der Waals surface area contributed by atoms with E-state index in [4.69, 9.17) is 9.73 Å². The number of piperidine rings is 1. The first kappa shape index (κ1) is 23.5. The first-order valence-corrected chi connectivity index (χ1v) is 10.1. The van der Waals surface area contributed by atoms with Crippen molar-refractivity contribution in [3.8, 4) is 0 Å². The molecule has 6 nitrogen and oxygen atoms in total. The van der Waals surface area contributed by atoms with Crippen LogP contribution in [-0.2, 0) is 9.53 Å². The highest BCUT2D eigenvalue weighted by atomic mass is 127. The monoisotopic (exact) mass is 480 g/mol. The number of rotatable bonds is 7. The quantitative estimate of drug-likeness (QED) is 0.263. The summed E-state index contributed by atoms with van der Waals surface area (Å²) in [5.74, 6) is 1.58. The molecular formula is C19H37IN4O2. The Morgan fingerprint density at radius 2 is 1.85 bits per heavy atom.